The summed E-state index contributed by atoms with van der Waals surface area (Å²) in [5.74, 6) is 1.42. The number of amides is 1. The lowest BCUT2D eigenvalue weighted by molar-refractivity contribution is 0.0912. The highest BCUT2D eigenvalue weighted by atomic mass is 16.1. The molecule has 150 valence electrons. The van der Waals surface area contributed by atoms with Crippen molar-refractivity contribution in [2.24, 2.45) is 5.92 Å². The number of piperidine rings is 1. The topological polar surface area (TPSA) is 63.1 Å². The molecule has 0 radical (unpaired) electrons. The Morgan fingerprint density at radius 2 is 1.97 bits per heavy atom. The van der Waals surface area contributed by atoms with Gasteiger partial charge in [-0.3, -0.25) is 14.3 Å². The van der Waals surface area contributed by atoms with Crippen molar-refractivity contribution in [1.82, 2.24) is 24.8 Å². The van der Waals surface area contributed by atoms with Gasteiger partial charge >= 0.3 is 0 Å². The summed E-state index contributed by atoms with van der Waals surface area (Å²) in [4.78, 5) is 23.6. The fraction of sp³-hybridized carbons (Fsp3) is 0.348. The number of carbonyl (C=O) groups is 1. The Balaban J connectivity index is 1.43. The van der Waals surface area contributed by atoms with Gasteiger partial charge in [-0.05, 0) is 49.5 Å². The number of nitrogens with one attached hydrogen (secondary N) is 1. The van der Waals surface area contributed by atoms with E-state index in [0.29, 0.717) is 12.1 Å². The van der Waals surface area contributed by atoms with Crippen molar-refractivity contribution in [3.8, 4) is 5.82 Å². The molecular weight excluding hydrogens is 362 g/mol. The van der Waals surface area contributed by atoms with Crippen LogP contribution < -0.4 is 5.32 Å². The molecule has 0 spiro atoms. The zero-order valence-corrected chi connectivity index (χ0v) is 16.7. The van der Waals surface area contributed by atoms with Crippen LogP contribution in [0.25, 0.3) is 5.82 Å². The first-order chi connectivity index (χ1) is 14.2. The lowest BCUT2D eigenvalue weighted by Crippen LogP contribution is -2.42. The highest BCUT2D eigenvalue weighted by molar-refractivity contribution is 5.93. The minimum absolute atomic E-state index is 0.0963. The predicted octanol–water partition coefficient (Wildman–Crippen LogP) is 3.47. The number of aromatic nitrogens is 3. The minimum atomic E-state index is -0.0963. The molecule has 0 saturated carbocycles. The molecule has 1 aliphatic rings. The molecule has 29 heavy (non-hydrogen) atoms. The first-order valence-electron chi connectivity index (χ1n) is 10.2. The van der Waals surface area contributed by atoms with Crippen molar-refractivity contribution >= 4 is 5.91 Å². The second-order valence-electron chi connectivity index (χ2n) is 7.73. The van der Waals surface area contributed by atoms with Crippen LogP contribution in [0, 0.1) is 5.92 Å². The lowest BCUT2D eigenvalue weighted by atomic mass is 9.95. The predicted molar refractivity (Wildman–Crippen MR) is 113 cm³/mol. The van der Waals surface area contributed by atoms with E-state index in [0.717, 1.165) is 24.8 Å². The molecule has 0 bridgehead atoms. The SMILES string of the molecule is CC1CCN(C(CNC(=O)c2ccc(-n3ccnc3)nc2)c2ccccc2)CC1. The van der Waals surface area contributed by atoms with Gasteiger partial charge in [0.1, 0.15) is 12.1 Å². The third-order valence-electron chi connectivity index (χ3n) is 5.68. The van der Waals surface area contributed by atoms with Crippen molar-refractivity contribution in [3.63, 3.8) is 0 Å². The summed E-state index contributed by atoms with van der Waals surface area (Å²) in [5, 5.41) is 3.12. The minimum Gasteiger partial charge on any atom is -0.350 e. The molecule has 6 heteroatoms. The van der Waals surface area contributed by atoms with E-state index in [2.05, 4.69) is 51.4 Å². The first kappa shape index (κ1) is 19.3. The second-order valence-corrected chi connectivity index (χ2v) is 7.73. The number of rotatable bonds is 6. The Morgan fingerprint density at radius 1 is 1.17 bits per heavy atom. The van der Waals surface area contributed by atoms with Crippen LogP contribution in [0.1, 0.15) is 41.7 Å². The Labute approximate surface area is 171 Å². The van der Waals surface area contributed by atoms with E-state index < -0.39 is 0 Å². The summed E-state index contributed by atoms with van der Waals surface area (Å²) in [6.45, 7) is 5.03. The van der Waals surface area contributed by atoms with Crippen LogP contribution in [0.2, 0.25) is 0 Å². The molecular formula is C23H27N5O. The van der Waals surface area contributed by atoms with Gasteiger partial charge in [-0.2, -0.15) is 0 Å². The molecule has 3 heterocycles. The summed E-state index contributed by atoms with van der Waals surface area (Å²) in [6.07, 6.45) is 9.24. The van der Waals surface area contributed by atoms with Crippen molar-refractivity contribution in [2.45, 2.75) is 25.8 Å². The number of hydrogen-bond acceptors (Lipinski definition) is 4. The largest absolute Gasteiger partial charge is 0.350 e. The first-order valence-corrected chi connectivity index (χ1v) is 10.2. The standard InChI is InChI=1S/C23H27N5O/c1-18-9-12-27(13-10-18)21(19-5-3-2-4-6-19)16-26-23(29)20-7-8-22(25-15-20)28-14-11-24-17-28/h2-8,11,14-15,17-18,21H,9-10,12-13,16H2,1H3,(H,26,29). The molecule has 1 aliphatic heterocycles. The van der Waals surface area contributed by atoms with Gasteiger partial charge in [0, 0.05) is 25.1 Å². The van der Waals surface area contributed by atoms with Gasteiger partial charge in [-0.25, -0.2) is 9.97 Å². The van der Waals surface area contributed by atoms with Crippen molar-refractivity contribution in [1.29, 1.82) is 0 Å². The van der Waals surface area contributed by atoms with Gasteiger partial charge in [-0.1, -0.05) is 37.3 Å². The quantitative estimate of drug-likeness (QED) is 0.701. The van der Waals surface area contributed by atoms with Crippen molar-refractivity contribution in [3.05, 3.63) is 78.5 Å². The molecule has 1 amide bonds. The van der Waals surface area contributed by atoms with Gasteiger partial charge in [0.05, 0.1) is 11.6 Å². The third-order valence-corrected chi connectivity index (χ3v) is 5.68. The van der Waals surface area contributed by atoms with E-state index in [1.807, 2.05) is 22.9 Å². The molecule has 1 atom stereocenters. The van der Waals surface area contributed by atoms with Crippen molar-refractivity contribution in [2.75, 3.05) is 19.6 Å². The molecule has 1 unspecified atom stereocenters. The second kappa shape index (κ2) is 9.01. The summed E-state index contributed by atoms with van der Waals surface area (Å²) in [6, 6.07) is 14.3. The van der Waals surface area contributed by atoms with Gasteiger partial charge in [-0.15, -0.1) is 0 Å². The molecule has 2 aromatic heterocycles. The smallest absolute Gasteiger partial charge is 0.252 e. The number of likely N-dealkylation sites (tertiary alicyclic amines) is 1. The number of imidazole rings is 1. The average molecular weight is 390 g/mol. The van der Waals surface area contributed by atoms with Gasteiger partial charge in [0.15, 0.2) is 0 Å². The monoisotopic (exact) mass is 389 g/mol. The van der Waals surface area contributed by atoms with Crippen LogP contribution in [-0.4, -0.2) is 45.0 Å². The van der Waals surface area contributed by atoms with E-state index in [9.17, 15) is 4.79 Å². The summed E-state index contributed by atoms with van der Waals surface area (Å²) < 4.78 is 1.81. The molecule has 1 N–H and O–H groups in total. The number of carbonyl (C=O) groups excluding carboxylic acids is 1. The van der Waals surface area contributed by atoms with Crippen molar-refractivity contribution < 1.29 is 4.79 Å². The van der Waals surface area contributed by atoms with Crippen LogP contribution in [-0.2, 0) is 0 Å². The fourth-order valence-corrected chi connectivity index (χ4v) is 3.83. The lowest BCUT2D eigenvalue weighted by Gasteiger charge is -2.37. The maximum atomic E-state index is 12.7. The fourth-order valence-electron chi connectivity index (χ4n) is 3.83. The Hall–Kier alpha value is -2.99. The van der Waals surface area contributed by atoms with E-state index in [4.69, 9.17) is 0 Å². The van der Waals surface area contributed by atoms with Crippen LogP contribution in [0.5, 0.6) is 0 Å². The number of nitrogens with zero attached hydrogens (tertiary/aromatic N) is 4. The average Bonchev–Trinajstić information content (AvgIpc) is 3.31. The molecule has 1 aromatic carbocycles. The molecule has 4 rings (SSSR count). The van der Waals surface area contributed by atoms with Gasteiger partial charge in [0.2, 0.25) is 0 Å². The maximum Gasteiger partial charge on any atom is 0.252 e. The normalized spacial score (nSPS) is 16.4. The molecule has 1 saturated heterocycles. The highest BCUT2D eigenvalue weighted by Gasteiger charge is 2.25. The zero-order chi connectivity index (χ0) is 20.1. The van der Waals surface area contributed by atoms with Crippen LogP contribution in [0.4, 0.5) is 0 Å². The number of benzene rings is 1. The number of pyridine rings is 1. The Morgan fingerprint density at radius 3 is 2.62 bits per heavy atom. The third kappa shape index (κ3) is 4.71. The van der Waals surface area contributed by atoms with Crippen LogP contribution in [0.3, 0.4) is 0 Å². The number of hydrogen-bond donors (Lipinski definition) is 1. The zero-order valence-electron chi connectivity index (χ0n) is 16.7. The van der Waals surface area contributed by atoms with Gasteiger partial charge < -0.3 is 5.32 Å². The molecule has 1 fully saturated rings. The van der Waals surface area contributed by atoms with E-state index in [1.165, 1.54) is 18.4 Å². The molecule has 3 aromatic rings. The summed E-state index contributed by atoms with van der Waals surface area (Å²) >= 11 is 0. The molecule has 0 aliphatic carbocycles. The summed E-state index contributed by atoms with van der Waals surface area (Å²) in [7, 11) is 0. The van der Waals surface area contributed by atoms with E-state index in [1.54, 1.807) is 24.8 Å². The van der Waals surface area contributed by atoms with Crippen LogP contribution >= 0.6 is 0 Å². The Bertz CT molecular complexity index is 900. The Kier molecular flexibility index (Phi) is 6.00. The van der Waals surface area contributed by atoms with E-state index >= 15 is 0 Å². The van der Waals surface area contributed by atoms with Crippen LogP contribution in [0.15, 0.2) is 67.4 Å². The maximum absolute atomic E-state index is 12.7. The van der Waals surface area contributed by atoms with Gasteiger partial charge in [0.25, 0.3) is 5.91 Å². The summed E-state index contributed by atoms with van der Waals surface area (Å²) in [5.41, 5.74) is 1.81. The molecule has 6 nitrogen and oxygen atoms in total. The highest BCUT2D eigenvalue weighted by Crippen LogP contribution is 2.26. The van der Waals surface area contributed by atoms with E-state index in [-0.39, 0.29) is 11.9 Å².